The molecule has 5 aromatic rings. The summed E-state index contributed by atoms with van der Waals surface area (Å²) in [4.78, 5) is 0. The smallest absolute Gasteiger partial charge is 0.0404 e. The van der Waals surface area contributed by atoms with E-state index in [9.17, 15) is 0 Å². The summed E-state index contributed by atoms with van der Waals surface area (Å²) in [6.07, 6.45) is 0. The predicted molar refractivity (Wildman–Crippen MR) is 126 cm³/mol. The van der Waals surface area contributed by atoms with Crippen molar-refractivity contribution < 1.29 is 0 Å². The van der Waals surface area contributed by atoms with Crippen LogP contribution in [0.15, 0.2) is 91.0 Å². The molecule has 0 atom stereocenters. The van der Waals surface area contributed by atoms with Gasteiger partial charge in [-0.05, 0) is 43.8 Å². The van der Waals surface area contributed by atoms with Gasteiger partial charge in [0.2, 0.25) is 0 Å². The highest BCUT2D eigenvalue weighted by molar-refractivity contribution is 8.26. The second-order valence-corrected chi connectivity index (χ2v) is 11.9. The van der Waals surface area contributed by atoms with Gasteiger partial charge in [-0.2, -0.15) is 0 Å². The van der Waals surface area contributed by atoms with E-state index in [1.54, 1.807) is 0 Å². The van der Waals surface area contributed by atoms with Crippen LogP contribution in [0.5, 0.6) is 0 Å². The molecule has 0 unspecified atom stereocenters. The molecular formula is C26H15PS. The van der Waals surface area contributed by atoms with Gasteiger partial charge in [-0.3, -0.25) is 0 Å². The zero-order chi connectivity index (χ0) is 18.5. The van der Waals surface area contributed by atoms with Crippen LogP contribution in [0.2, 0.25) is 0 Å². The molecule has 0 N–H and O–H groups in total. The maximum atomic E-state index is 6.74. The molecule has 5 aromatic carbocycles. The lowest BCUT2D eigenvalue weighted by molar-refractivity contribution is 1.64. The van der Waals surface area contributed by atoms with E-state index < -0.39 is 6.04 Å². The van der Waals surface area contributed by atoms with E-state index in [-0.39, 0.29) is 0 Å². The predicted octanol–water partition coefficient (Wildman–Crippen LogP) is 5.71. The minimum Gasteiger partial charge on any atom is -0.0825 e. The van der Waals surface area contributed by atoms with Crippen LogP contribution in [0, 0.1) is 0 Å². The number of hydrogen-bond donors (Lipinski definition) is 0. The van der Waals surface area contributed by atoms with Crippen LogP contribution in [-0.4, -0.2) is 0 Å². The van der Waals surface area contributed by atoms with Gasteiger partial charge in [-0.1, -0.05) is 103 Å². The fraction of sp³-hybridized carbons (Fsp3) is 0. The fourth-order valence-corrected chi connectivity index (χ4v) is 10.3. The van der Waals surface area contributed by atoms with Crippen molar-refractivity contribution >= 4 is 55.3 Å². The molecule has 0 fully saturated rings. The van der Waals surface area contributed by atoms with Gasteiger partial charge < -0.3 is 0 Å². The Morgan fingerprint density at radius 3 is 1.36 bits per heavy atom. The normalized spacial score (nSPS) is 14.9. The first-order valence-electron chi connectivity index (χ1n) is 9.57. The van der Waals surface area contributed by atoms with Crippen molar-refractivity contribution in [3.8, 4) is 22.3 Å². The number of rotatable bonds is 0. The molecule has 0 aliphatic carbocycles. The van der Waals surface area contributed by atoms with E-state index in [4.69, 9.17) is 11.8 Å². The van der Waals surface area contributed by atoms with Gasteiger partial charge in [-0.15, -0.1) is 0 Å². The summed E-state index contributed by atoms with van der Waals surface area (Å²) in [5.74, 6) is 0. The van der Waals surface area contributed by atoms with E-state index in [0.717, 1.165) is 0 Å². The average Bonchev–Trinajstić information content (AvgIpc) is 2.75. The van der Waals surface area contributed by atoms with Crippen LogP contribution in [0.3, 0.4) is 0 Å². The molecule has 130 valence electrons. The standard InChI is InChI=1S/C26H15PS/c28-27-22-14-3-8-16-6-1-10-18(24(16)22)20-12-5-13-21(26(20)27)19-11-2-7-17-9-4-15-23(27)25(17)19/h1-15H. The molecule has 0 saturated heterocycles. The van der Waals surface area contributed by atoms with E-state index >= 15 is 0 Å². The molecule has 0 bridgehead atoms. The number of benzene rings is 5. The van der Waals surface area contributed by atoms with Crippen molar-refractivity contribution in [1.29, 1.82) is 0 Å². The Kier molecular flexibility index (Phi) is 2.72. The van der Waals surface area contributed by atoms with Crippen molar-refractivity contribution in [2.24, 2.45) is 0 Å². The number of fused-ring (bicyclic) bond motifs is 4. The molecule has 2 heteroatoms. The summed E-state index contributed by atoms with van der Waals surface area (Å²) in [5.41, 5.74) is 5.32. The molecule has 28 heavy (non-hydrogen) atoms. The molecule has 0 aromatic heterocycles. The zero-order valence-corrected chi connectivity index (χ0v) is 16.7. The molecular weight excluding hydrogens is 375 g/mol. The summed E-state index contributed by atoms with van der Waals surface area (Å²) in [5, 5.41) is 9.41. The lowest BCUT2D eigenvalue weighted by Crippen LogP contribution is -2.34. The van der Waals surface area contributed by atoms with Crippen molar-refractivity contribution in [3.05, 3.63) is 91.0 Å². The zero-order valence-electron chi connectivity index (χ0n) is 15.0. The first kappa shape index (κ1) is 15.2. The van der Waals surface area contributed by atoms with Crippen molar-refractivity contribution in [2.75, 3.05) is 0 Å². The van der Waals surface area contributed by atoms with Crippen LogP contribution < -0.4 is 15.9 Å². The van der Waals surface area contributed by atoms with Crippen LogP contribution in [0.25, 0.3) is 43.8 Å². The molecule has 0 amide bonds. The van der Waals surface area contributed by atoms with Gasteiger partial charge in [0.15, 0.2) is 0 Å². The molecule has 0 radical (unpaired) electrons. The minimum atomic E-state index is -2.12. The van der Waals surface area contributed by atoms with Gasteiger partial charge in [0.1, 0.15) is 0 Å². The quantitative estimate of drug-likeness (QED) is 0.299. The topological polar surface area (TPSA) is 0 Å². The van der Waals surface area contributed by atoms with E-state index in [1.807, 2.05) is 0 Å². The summed E-state index contributed by atoms with van der Waals surface area (Å²) < 4.78 is 0. The second-order valence-electron chi connectivity index (χ2n) is 7.67. The van der Waals surface area contributed by atoms with E-state index in [1.165, 1.54) is 59.7 Å². The molecule has 2 heterocycles. The van der Waals surface area contributed by atoms with E-state index in [2.05, 4.69) is 91.0 Å². The van der Waals surface area contributed by atoms with Gasteiger partial charge >= 0.3 is 0 Å². The highest BCUT2D eigenvalue weighted by Crippen LogP contribution is 2.57. The molecule has 2 aliphatic heterocycles. The first-order valence-corrected chi connectivity index (χ1v) is 12.4. The second kappa shape index (κ2) is 5.00. The maximum absolute atomic E-state index is 6.74. The summed E-state index contributed by atoms with van der Waals surface area (Å²) >= 11 is 6.74. The van der Waals surface area contributed by atoms with Crippen LogP contribution >= 0.6 is 6.04 Å². The first-order chi connectivity index (χ1) is 13.8. The van der Waals surface area contributed by atoms with Crippen LogP contribution in [0.4, 0.5) is 0 Å². The number of hydrogen-bond acceptors (Lipinski definition) is 1. The summed E-state index contributed by atoms with van der Waals surface area (Å²) in [7, 11) is 0. The Morgan fingerprint density at radius 1 is 0.464 bits per heavy atom. The third-order valence-electron chi connectivity index (χ3n) is 6.38. The Bertz CT molecular complexity index is 1420. The highest BCUT2D eigenvalue weighted by Gasteiger charge is 2.40. The van der Waals surface area contributed by atoms with Crippen molar-refractivity contribution in [2.45, 2.75) is 0 Å². The summed E-state index contributed by atoms with van der Waals surface area (Å²) in [6.45, 7) is 0. The Labute approximate surface area is 168 Å². The lowest BCUT2D eigenvalue weighted by Gasteiger charge is -2.38. The molecule has 0 saturated carbocycles. The lowest BCUT2D eigenvalue weighted by atomic mass is 9.92. The Morgan fingerprint density at radius 2 is 0.857 bits per heavy atom. The molecule has 2 aliphatic rings. The third kappa shape index (κ3) is 1.59. The average molecular weight is 390 g/mol. The molecule has 0 spiro atoms. The Hall–Kier alpha value is -2.73. The largest absolute Gasteiger partial charge is 0.0825 e. The third-order valence-corrected chi connectivity index (χ3v) is 11.3. The Balaban J connectivity index is 1.84. The van der Waals surface area contributed by atoms with Gasteiger partial charge in [0.05, 0.1) is 0 Å². The molecule has 7 rings (SSSR count). The maximum Gasteiger partial charge on any atom is 0.0404 e. The summed E-state index contributed by atoms with van der Waals surface area (Å²) in [6, 6.07) is 31.3. The van der Waals surface area contributed by atoms with Crippen LogP contribution in [-0.2, 0) is 11.8 Å². The van der Waals surface area contributed by atoms with Gasteiger partial charge in [0.25, 0.3) is 0 Å². The van der Waals surface area contributed by atoms with Crippen molar-refractivity contribution in [3.63, 3.8) is 0 Å². The highest BCUT2D eigenvalue weighted by atomic mass is 32.4. The molecule has 0 nitrogen and oxygen atoms in total. The monoisotopic (exact) mass is 390 g/mol. The minimum absolute atomic E-state index is 1.29. The fourth-order valence-electron chi connectivity index (χ4n) is 5.30. The van der Waals surface area contributed by atoms with Crippen molar-refractivity contribution in [1.82, 2.24) is 0 Å². The van der Waals surface area contributed by atoms with E-state index in [0.29, 0.717) is 0 Å². The van der Waals surface area contributed by atoms with Gasteiger partial charge in [-0.25, -0.2) is 0 Å². The van der Waals surface area contributed by atoms with Gasteiger partial charge in [0, 0.05) is 22.0 Å². The van der Waals surface area contributed by atoms with Crippen LogP contribution in [0.1, 0.15) is 0 Å². The SMILES string of the molecule is S=P12c3c(cccc3-c3cccc4cccc1c34)-c1cccc3cccc2c13.